The lowest BCUT2D eigenvalue weighted by Gasteiger charge is -2.36. The molecular formula is C18H24N2O2. The summed E-state index contributed by atoms with van der Waals surface area (Å²) in [6.45, 7) is 11.2. The van der Waals surface area contributed by atoms with Crippen LogP contribution in [0.25, 0.3) is 6.08 Å². The van der Waals surface area contributed by atoms with E-state index in [-0.39, 0.29) is 12.1 Å². The van der Waals surface area contributed by atoms with Crippen LogP contribution in [0.3, 0.4) is 0 Å². The number of amides is 1. The minimum Gasteiger partial charge on any atom is -0.444 e. The second-order valence-corrected chi connectivity index (χ2v) is 7.13. The van der Waals surface area contributed by atoms with E-state index in [1.165, 1.54) is 5.69 Å². The molecule has 1 aromatic carbocycles. The number of hydrogen-bond acceptors (Lipinski definition) is 3. The molecule has 0 aliphatic carbocycles. The highest BCUT2D eigenvalue weighted by Gasteiger charge is 2.46. The van der Waals surface area contributed by atoms with Crippen LogP contribution in [0.1, 0.15) is 32.8 Å². The maximum atomic E-state index is 12.3. The standard InChI is InChI=1S/C18H24N2O2/c1-5-13-7-6-8-14(9-13)19-11-16-10-15(19)12-20(16)17(21)22-18(2,3)4/h5-9,15-16H,1,10-12H2,2-4H3/t15-,16-/m0/s1. The fraction of sp³-hybridized carbons (Fsp3) is 0.500. The lowest BCUT2D eigenvalue weighted by molar-refractivity contribution is 0.0215. The number of benzene rings is 1. The van der Waals surface area contributed by atoms with Crippen LogP contribution >= 0.6 is 0 Å². The number of fused-ring (bicyclic) bond motifs is 2. The molecule has 2 atom stereocenters. The largest absolute Gasteiger partial charge is 0.444 e. The van der Waals surface area contributed by atoms with Crippen LogP contribution in [0.2, 0.25) is 0 Å². The molecular weight excluding hydrogens is 276 g/mol. The van der Waals surface area contributed by atoms with Crippen LogP contribution in [0.5, 0.6) is 0 Å². The highest BCUT2D eigenvalue weighted by molar-refractivity contribution is 5.70. The van der Waals surface area contributed by atoms with Crippen molar-refractivity contribution < 1.29 is 9.53 Å². The van der Waals surface area contributed by atoms with Crippen molar-refractivity contribution in [1.29, 1.82) is 0 Å². The van der Waals surface area contributed by atoms with Gasteiger partial charge in [-0.3, -0.25) is 0 Å². The monoisotopic (exact) mass is 300 g/mol. The Morgan fingerprint density at radius 1 is 1.32 bits per heavy atom. The van der Waals surface area contributed by atoms with Crippen molar-refractivity contribution in [3.05, 3.63) is 36.4 Å². The van der Waals surface area contributed by atoms with E-state index in [9.17, 15) is 4.79 Å². The van der Waals surface area contributed by atoms with Crippen molar-refractivity contribution in [3.63, 3.8) is 0 Å². The third-order valence-electron chi connectivity index (χ3n) is 4.31. The van der Waals surface area contributed by atoms with E-state index >= 15 is 0 Å². The summed E-state index contributed by atoms with van der Waals surface area (Å²) in [5, 5.41) is 0. The second kappa shape index (κ2) is 5.34. The Hall–Kier alpha value is -1.97. The van der Waals surface area contributed by atoms with Gasteiger partial charge in [-0.1, -0.05) is 24.8 Å². The van der Waals surface area contributed by atoms with Gasteiger partial charge < -0.3 is 14.5 Å². The van der Waals surface area contributed by atoms with Gasteiger partial charge in [-0.2, -0.15) is 0 Å². The third-order valence-corrected chi connectivity index (χ3v) is 4.31. The van der Waals surface area contributed by atoms with Crippen LogP contribution < -0.4 is 4.90 Å². The van der Waals surface area contributed by atoms with Gasteiger partial charge >= 0.3 is 6.09 Å². The minimum absolute atomic E-state index is 0.181. The van der Waals surface area contributed by atoms with E-state index in [4.69, 9.17) is 4.74 Å². The summed E-state index contributed by atoms with van der Waals surface area (Å²) in [5.41, 5.74) is 1.91. The van der Waals surface area contributed by atoms with Crippen molar-refractivity contribution in [3.8, 4) is 0 Å². The van der Waals surface area contributed by atoms with Crippen LogP contribution in [0, 0.1) is 0 Å². The first-order valence-electron chi connectivity index (χ1n) is 7.86. The molecule has 2 aliphatic heterocycles. The van der Waals surface area contributed by atoms with E-state index in [0.717, 1.165) is 25.1 Å². The molecule has 118 valence electrons. The van der Waals surface area contributed by atoms with Gasteiger partial charge in [0.1, 0.15) is 5.60 Å². The zero-order valence-electron chi connectivity index (χ0n) is 13.6. The average molecular weight is 300 g/mol. The minimum atomic E-state index is -0.434. The molecule has 0 spiro atoms. The van der Waals surface area contributed by atoms with Crippen molar-refractivity contribution >= 4 is 17.9 Å². The lowest BCUT2D eigenvalue weighted by Crippen LogP contribution is -2.50. The Bertz CT molecular complexity index is 591. The summed E-state index contributed by atoms with van der Waals surface area (Å²) in [4.78, 5) is 16.6. The van der Waals surface area contributed by atoms with Crippen molar-refractivity contribution in [1.82, 2.24) is 4.90 Å². The number of rotatable bonds is 2. The molecule has 2 aliphatic rings. The first kappa shape index (κ1) is 14.9. The number of anilines is 1. The van der Waals surface area contributed by atoms with E-state index in [0.29, 0.717) is 6.04 Å². The van der Waals surface area contributed by atoms with Gasteiger partial charge in [-0.15, -0.1) is 0 Å². The van der Waals surface area contributed by atoms with E-state index in [2.05, 4.69) is 35.7 Å². The van der Waals surface area contributed by atoms with Gasteiger partial charge in [-0.25, -0.2) is 4.79 Å². The molecule has 2 bridgehead atoms. The van der Waals surface area contributed by atoms with E-state index in [1.54, 1.807) is 0 Å². The quantitative estimate of drug-likeness (QED) is 0.837. The molecule has 0 saturated carbocycles. The van der Waals surface area contributed by atoms with E-state index < -0.39 is 5.60 Å². The summed E-state index contributed by atoms with van der Waals surface area (Å²) in [6.07, 6.45) is 2.71. The van der Waals surface area contributed by atoms with Gasteiger partial charge in [0.25, 0.3) is 0 Å². The van der Waals surface area contributed by atoms with Crippen molar-refractivity contribution in [2.24, 2.45) is 0 Å². The van der Waals surface area contributed by atoms with Crippen LogP contribution in [-0.2, 0) is 4.74 Å². The van der Waals surface area contributed by atoms with Gasteiger partial charge in [-0.05, 0) is 44.9 Å². The molecule has 4 nitrogen and oxygen atoms in total. The topological polar surface area (TPSA) is 32.8 Å². The molecule has 0 N–H and O–H groups in total. The maximum absolute atomic E-state index is 12.3. The molecule has 3 rings (SSSR count). The van der Waals surface area contributed by atoms with Gasteiger partial charge in [0.2, 0.25) is 0 Å². The molecule has 4 heteroatoms. The number of ether oxygens (including phenoxy) is 1. The molecule has 1 amide bonds. The highest BCUT2D eigenvalue weighted by Crippen LogP contribution is 2.35. The maximum Gasteiger partial charge on any atom is 0.410 e. The number of carbonyl (C=O) groups excluding carboxylic acids is 1. The number of hydrogen-bond donors (Lipinski definition) is 0. The number of likely N-dealkylation sites (tertiary alicyclic amines) is 1. The smallest absolute Gasteiger partial charge is 0.410 e. The van der Waals surface area contributed by atoms with Gasteiger partial charge in [0.15, 0.2) is 0 Å². The summed E-state index contributed by atoms with van der Waals surface area (Å²) >= 11 is 0. The number of nitrogens with zero attached hydrogens (tertiary/aromatic N) is 2. The Balaban J connectivity index is 1.69. The Morgan fingerprint density at radius 2 is 2.09 bits per heavy atom. The Labute approximate surface area is 132 Å². The Morgan fingerprint density at radius 3 is 2.68 bits per heavy atom. The predicted octanol–water partition coefficient (Wildman–Crippen LogP) is 3.53. The van der Waals surface area contributed by atoms with Crippen LogP contribution in [0.15, 0.2) is 30.8 Å². The number of piperazine rings is 1. The molecule has 2 saturated heterocycles. The zero-order chi connectivity index (χ0) is 15.9. The van der Waals surface area contributed by atoms with Gasteiger partial charge in [0.05, 0.1) is 6.04 Å². The van der Waals surface area contributed by atoms with Crippen LogP contribution in [0.4, 0.5) is 10.5 Å². The fourth-order valence-electron chi connectivity index (χ4n) is 3.36. The second-order valence-electron chi connectivity index (χ2n) is 7.13. The normalized spacial score (nSPS) is 23.8. The summed E-state index contributed by atoms with van der Waals surface area (Å²) in [7, 11) is 0. The Kier molecular flexibility index (Phi) is 3.63. The fourth-order valence-corrected chi connectivity index (χ4v) is 3.36. The summed E-state index contributed by atoms with van der Waals surface area (Å²) < 4.78 is 5.51. The molecule has 0 radical (unpaired) electrons. The predicted molar refractivity (Wildman–Crippen MR) is 89.0 cm³/mol. The molecule has 2 heterocycles. The molecule has 1 aromatic rings. The lowest BCUT2D eigenvalue weighted by atomic mass is 10.1. The first-order chi connectivity index (χ1) is 10.4. The van der Waals surface area contributed by atoms with Crippen molar-refractivity contribution in [2.75, 3.05) is 18.0 Å². The summed E-state index contributed by atoms with van der Waals surface area (Å²) in [5.74, 6) is 0. The SMILES string of the molecule is C=Cc1cccc(N2C[C@@H]3C[C@H]2CN3C(=O)OC(C)(C)C)c1. The average Bonchev–Trinajstić information content (AvgIpc) is 3.05. The third kappa shape index (κ3) is 2.82. The molecule has 0 aromatic heterocycles. The number of carbonyl (C=O) groups is 1. The zero-order valence-corrected chi connectivity index (χ0v) is 13.6. The molecule has 22 heavy (non-hydrogen) atoms. The van der Waals surface area contributed by atoms with Crippen LogP contribution in [-0.4, -0.2) is 41.8 Å². The molecule has 0 unspecified atom stereocenters. The highest BCUT2D eigenvalue weighted by atomic mass is 16.6. The summed E-state index contributed by atoms with van der Waals surface area (Å²) in [6, 6.07) is 9.04. The van der Waals surface area contributed by atoms with Gasteiger partial charge in [0, 0.05) is 24.8 Å². The van der Waals surface area contributed by atoms with Crippen molar-refractivity contribution in [2.45, 2.75) is 44.9 Å². The van der Waals surface area contributed by atoms with E-state index in [1.807, 2.05) is 31.7 Å². The first-order valence-corrected chi connectivity index (χ1v) is 7.86. The molecule has 2 fully saturated rings.